The van der Waals surface area contributed by atoms with E-state index in [0.29, 0.717) is 17.5 Å². The Labute approximate surface area is 173 Å². The monoisotopic (exact) mass is 470 g/mol. The number of fused-ring (bicyclic) bond motifs is 1. The Morgan fingerprint density at radius 3 is 2.59 bits per heavy atom. The molecule has 2 aliphatic heterocycles. The van der Waals surface area contributed by atoms with E-state index in [9.17, 15) is 13.2 Å². The highest BCUT2D eigenvalue weighted by molar-refractivity contribution is 9.10. The fraction of sp³-hybridized carbons (Fsp3) is 0.579. The number of rotatable bonds is 4. The molecule has 5 nitrogen and oxygen atoms in total. The Kier molecular flexibility index (Phi) is 5.67. The maximum absolute atomic E-state index is 12.5. The number of halogens is 1. The van der Waals surface area contributed by atoms with Gasteiger partial charge in [-0.3, -0.25) is 4.79 Å². The molecule has 146 valence electrons. The van der Waals surface area contributed by atoms with Crippen LogP contribution >= 0.6 is 27.7 Å². The van der Waals surface area contributed by atoms with Crippen LogP contribution < -0.4 is 4.90 Å². The normalized spacial score (nSPS) is 28.8. The molecule has 0 radical (unpaired) electrons. The smallest absolute Gasteiger partial charge is 0.248 e. The zero-order valence-corrected chi connectivity index (χ0v) is 18.2. The van der Waals surface area contributed by atoms with E-state index in [1.165, 1.54) is 37.4 Å². The first-order chi connectivity index (χ1) is 12.9. The number of benzene rings is 1. The van der Waals surface area contributed by atoms with Gasteiger partial charge in [0.25, 0.3) is 0 Å². The van der Waals surface area contributed by atoms with Crippen molar-refractivity contribution in [3.8, 4) is 0 Å². The summed E-state index contributed by atoms with van der Waals surface area (Å²) >= 11 is 4.87. The Bertz CT molecular complexity index is 848. The molecule has 2 atom stereocenters. The fourth-order valence-corrected chi connectivity index (χ4v) is 8.45. The van der Waals surface area contributed by atoms with Crippen molar-refractivity contribution in [2.45, 2.75) is 49.8 Å². The fourth-order valence-electron chi connectivity index (χ4n) is 4.26. The molecule has 1 aromatic carbocycles. The van der Waals surface area contributed by atoms with Crippen molar-refractivity contribution in [1.29, 1.82) is 0 Å². The van der Waals surface area contributed by atoms with Gasteiger partial charge in [0.15, 0.2) is 15.0 Å². The highest BCUT2D eigenvalue weighted by atomic mass is 79.9. The van der Waals surface area contributed by atoms with Crippen LogP contribution in [0.25, 0.3) is 0 Å². The van der Waals surface area contributed by atoms with Crippen LogP contribution in [0.2, 0.25) is 0 Å². The lowest BCUT2D eigenvalue weighted by atomic mass is 10.0. The summed E-state index contributed by atoms with van der Waals surface area (Å²) in [6, 6.07) is 7.59. The molecular weight excluding hydrogens is 448 g/mol. The number of sulfone groups is 1. The number of thioether (sulfide) groups is 1. The van der Waals surface area contributed by atoms with E-state index in [1.807, 2.05) is 29.2 Å². The van der Waals surface area contributed by atoms with Crippen LogP contribution in [0.3, 0.4) is 0 Å². The van der Waals surface area contributed by atoms with Crippen molar-refractivity contribution in [2.75, 3.05) is 16.4 Å². The van der Waals surface area contributed by atoms with Gasteiger partial charge < -0.3 is 4.90 Å². The third-order valence-corrected chi connectivity index (χ3v) is 9.37. The number of aliphatic imine (C=N–C) groups is 1. The third-order valence-electron chi connectivity index (χ3n) is 5.63. The van der Waals surface area contributed by atoms with Gasteiger partial charge in [0.2, 0.25) is 5.91 Å². The Balaban J connectivity index is 1.54. The van der Waals surface area contributed by atoms with Gasteiger partial charge in [-0.1, -0.05) is 53.4 Å². The average molecular weight is 471 g/mol. The van der Waals surface area contributed by atoms with Gasteiger partial charge in [-0.2, -0.15) is 4.99 Å². The van der Waals surface area contributed by atoms with Crippen molar-refractivity contribution in [3.05, 3.63) is 28.7 Å². The van der Waals surface area contributed by atoms with E-state index in [-0.39, 0.29) is 28.7 Å². The first kappa shape index (κ1) is 19.5. The van der Waals surface area contributed by atoms with Gasteiger partial charge in [0.05, 0.1) is 17.5 Å². The molecule has 4 rings (SSSR count). The van der Waals surface area contributed by atoms with Gasteiger partial charge in [0, 0.05) is 21.8 Å². The second-order valence-corrected chi connectivity index (χ2v) is 11.9. The Morgan fingerprint density at radius 1 is 1.19 bits per heavy atom. The first-order valence-corrected chi connectivity index (χ1v) is 12.9. The Morgan fingerprint density at radius 2 is 1.89 bits per heavy atom. The molecular formula is C19H23BrN2O3S2. The largest absolute Gasteiger partial charge is 0.316 e. The van der Waals surface area contributed by atoms with Gasteiger partial charge in [0.1, 0.15) is 0 Å². The number of anilines is 1. The van der Waals surface area contributed by atoms with Gasteiger partial charge in [-0.15, -0.1) is 0 Å². The van der Waals surface area contributed by atoms with E-state index in [1.54, 1.807) is 0 Å². The molecule has 1 amide bonds. The van der Waals surface area contributed by atoms with Crippen LogP contribution in [0, 0.1) is 5.92 Å². The summed E-state index contributed by atoms with van der Waals surface area (Å²) in [4.78, 5) is 18.8. The van der Waals surface area contributed by atoms with Crippen LogP contribution in [-0.4, -0.2) is 42.3 Å². The maximum atomic E-state index is 12.5. The van der Waals surface area contributed by atoms with Crippen molar-refractivity contribution < 1.29 is 13.2 Å². The molecule has 0 N–H and O–H groups in total. The second kappa shape index (κ2) is 7.87. The number of amides is 1. The summed E-state index contributed by atoms with van der Waals surface area (Å²) in [6.45, 7) is 0. The molecule has 0 unspecified atom stereocenters. The van der Waals surface area contributed by atoms with E-state index < -0.39 is 9.84 Å². The lowest BCUT2D eigenvalue weighted by molar-refractivity contribution is -0.118. The standard InChI is InChI=1S/C19H23BrN2O3S2/c20-14-6-8-15(9-7-14)22-16-11-27(24,25)12-17(16)26-19(22)21-18(23)10-5-13-3-1-2-4-13/h6-9,13,16-17H,1-5,10-12H2/t16-,17+/m1/s1. The summed E-state index contributed by atoms with van der Waals surface area (Å²) < 4.78 is 25.2. The van der Waals surface area contributed by atoms with Crippen LogP contribution in [0.15, 0.2) is 33.7 Å². The Hall–Kier alpha value is -0.860. The molecule has 3 fully saturated rings. The molecule has 27 heavy (non-hydrogen) atoms. The predicted octanol–water partition coefficient (Wildman–Crippen LogP) is 4.02. The lowest BCUT2D eigenvalue weighted by Gasteiger charge is -2.24. The summed E-state index contributed by atoms with van der Waals surface area (Å²) in [7, 11) is -3.04. The number of hydrogen-bond donors (Lipinski definition) is 0. The minimum Gasteiger partial charge on any atom is -0.316 e. The molecule has 0 spiro atoms. The minimum absolute atomic E-state index is 0.0555. The molecule has 0 aromatic heterocycles. The summed E-state index contributed by atoms with van der Waals surface area (Å²) in [6.07, 6.45) is 6.41. The van der Waals surface area contributed by atoms with Crippen molar-refractivity contribution in [3.63, 3.8) is 0 Å². The third kappa shape index (κ3) is 4.43. The van der Waals surface area contributed by atoms with E-state index >= 15 is 0 Å². The molecule has 2 saturated heterocycles. The van der Waals surface area contributed by atoms with Crippen LogP contribution in [0.5, 0.6) is 0 Å². The number of hydrogen-bond acceptors (Lipinski definition) is 4. The average Bonchev–Trinajstić information content (AvgIpc) is 3.29. The van der Waals surface area contributed by atoms with E-state index in [2.05, 4.69) is 20.9 Å². The predicted molar refractivity (Wildman–Crippen MR) is 114 cm³/mol. The maximum Gasteiger partial charge on any atom is 0.248 e. The van der Waals surface area contributed by atoms with E-state index in [4.69, 9.17) is 0 Å². The van der Waals surface area contributed by atoms with Gasteiger partial charge in [-0.05, 0) is 36.6 Å². The molecule has 1 aliphatic carbocycles. The quantitative estimate of drug-likeness (QED) is 0.664. The minimum atomic E-state index is -3.04. The van der Waals surface area contributed by atoms with Crippen molar-refractivity contribution in [2.24, 2.45) is 10.9 Å². The number of carbonyl (C=O) groups excluding carboxylic acids is 1. The lowest BCUT2D eigenvalue weighted by Crippen LogP contribution is -2.37. The highest BCUT2D eigenvalue weighted by Crippen LogP contribution is 2.41. The first-order valence-electron chi connectivity index (χ1n) is 9.45. The van der Waals surface area contributed by atoms with Crippen molar-refractivity contribution in [1.82, 2.24) is 0 Å². The van der Waals surface area contributed by atoms with Crippen LogP contribution in [0.1, 0.15) is 38.5 Å². The summed E-state index contributed by atoms with van der Waals surface area (Å²) in [5.41, 5.74) is 0.887. The molecule has 8 heteroatoms. The van der Waals surface area contributed by atoms with Gasteiger partial charge >= 0.3 is 0 Å². The summed E-state index contributed by atoms with van der Waals surface area (Å²) in [5, 5.41) is 0.596. The zero-order valence-electron chi connectivity index (χ0n) is 15.0. The van der Waals surface area contributed by atoms with Crippen LogP contribution in [-0.2, 0) is 14.6 Å². The van der Waals surface area contributed by atoms with Crippen molar-refractivity contribution >= 4 is 54.3 Å². The second-order valence-electron chi connectivity index (χ2n) is 7.62. The molecule has 0 bridgehead atoms. The van der Waals surface area contributed by atoms with E-state index in [0.717, 1.165) is 16.6 Å². The molecule has 3 aliphatic rings. The zero-order chi connectivity index (χ0) is 19.0. The molecule has 1 saturated carbocycles. The molecule has 1 aromatic rings. The number of nitrogens with zero attached hydrogens (tertiary/aromatic N) is 2. The topological polar surface area (TPSA) is 66.8 Å². The van der Waals surface area contributed by atoms with Crippen LogP contribution in [0.4, 0.5) is 5.69 Å². The van der Waals surface area contributed by atoms with Gasteiger partial charge in [-0.25, -0.2) is 8.42 Å². The number of amidine groups is 1. The SMILES string of the molecule is O=C(CCC1CCCC1)N=C1S[C@H]2CS(=O)(=O)C[C@H]2N1c1ccc(Br)cc1. The summed E-state index contributed by atoms with van der Waals surface area (Å²) in [5.74, 6) is 0.854. The highest BCUT2D eigenvalue weighted by Gasteiger charge is 2.49. The number of carbonyl (C=O) groups is 1. The molecule has 2 heterocycles.